The van der Waals surface area contributed by atoms with Crippen LogP contribution in [-0.2, 0) is 6.42 Å². The molecule has 1 heterocycles. The number of aromatic nitrogens is 2. The number of nitrogen functional groups attached to an aromatic ring is 1. The number of hydrogen-bond donors (Lipinski definition) is 1. The maximum absolute atomic E-state index is 5.64. The van der Waals surface area contributed by atoms with Gasteiger partial charge in [0.2, 0.25) is 0 Å². The highest BCUT2D eigenvalue weighted by Crippen LogP contribution is 2.38. The fourth-order valence-electron chi connectivity index (χ4n) is 2.05. The molecule has 2 N–H and O–H groups in total. The minimum absolute atomic E-state index is 0.338. The van der Waals surface area contributed by atoms with E-state index >= 15 is 0 Å². The summed E-state index contributed by atoms with van der Waals surface area (Å²) in [6.45, 7) is 0. The molecule has 1 unspecified atom stereocenters. The zero-order valence-corrected chi connectivity index (χ0v) is 8.22. The maximum atomic E-state index is 5.64. The van der Waals surface area contributed by atoms with E-state index in [2.05, 4.69) is 34.2 Å². The van der Waals surface area contributed by atoms with Gasteiger partial charge in [0.15, 0.2) is 0 Å². The van der Waals surface area contributed by atoms with Crippen molar-refractivity contribution in [3.05, 3.63) is 53.5 Å². The van der Waals surface area contributed by atoms with Crippen LogP contribution in [0.3, 0.4) is 0 Å². The molecule has 15 heavy (non-hydrogen) atoms. The van der Waals surface area contributed by atoms with Gasteiger partial charge in [-0.15, -0.1) is 0 Å². The molecule has 3 rings (SSSR count). The Bertz CT molecular complexity index is 508. The van der Waals surface area contributed by atoms with E-state index < -0.39 is 0 Å². The molecule has 1 aliphatic carbocycles. The van der Waals surface area contributed by atoms with Crippen LogP contribution in [0.4, 0.5) is 5.82 Å². The van der Waals surface area contributed by atoms with Gasteiger partial charge in [-0.1, -0.05) is 24.3 Å². The van der Waals surface area contributed by atoms with Crippen LogP contribution in [-0.4, -0.2) is 9.97 Å². The molecule has 2 aromatic rings. The molecule has 0 amide bonds. The number of rotatable bonds is 1. The molecule has 1 aromatic heterocycles. The van der Waals surface area contributed by atoms with Gasteiger partial charge in [0.1, 0.15) is 11.6 Å². The van der Waals surface area contributed by atoms with Crippen LogP contribution in [0.15, 0.2) is 36.5 Å². The third-order valence-electron chi connectivity index (χ3n) is 2.86. The van der Waals surface area contributed by atoms with Gasteiger partial charge in [-0.25, -0.2) is 9.97 Å². The summed E-state index contributed by atoms with van der Waals surface area (Å²) in [5, 5.41) is 0. The fraction of sp³-hybridized carbons (Fsp3) is 0.167. The smallest absolute Gasteiger partial charge is 0.138 e. The summed E-state index contributed by atoms with van der Waals surface area (Å²) in [6, 6.07) is 10.1. The first-order chi connectivity index (χ1) is 7.34. The van der Waals surface area contributed by atoms with Gasteiger partial charge in [0, 0.05) is 12.1 Å². The van der Waals surface area contributed by atoms with Gasteiger partial charge in [0.25, 0.3) is 0 Å². The van der Waals surface area contributed by atoms with Crippen molar-refractivity contribution in [1.29, 1.82) is 0 Å². The lowest BCUT2D eigenvalue weighted by Gasteiger charge is -2.28. The summed E-state index contributed by atoms with van der Waals surface area (Å²) >= 11 is 0. The predicted octanol–water partition coefficient (Wildman–Crippen LogP) is 1.75. The molecule has 0 bridgehead atoms. The predicted molar refractivity (Wildman–Crippen MR) is 58.4 cm³/mol. The molecule has 0 radical (unpaired) electrons. The number of anilines is 1. The van der Waals surface area contributed by atoms with Crippen LogP contribution in [0, 0.1) is 0 Å². The van der Waals surface area contributed by atoms with E-state index in [9.17, 15) is 0 Å². The second-order valence-corrected chi connectivity index (χ2v) is 3.80. The van der Waals surface area contributed by atoms with Crippen molar-refractivity contribution >= 4 is 5.82 Å². The molecule has 3 heteroatoms. The number of nitrogens with two attached hydrogens (primary N) is 1. The second-order valence-electron chi connectivity index (χ2n) is 3.80. The van der Waals surface area contributed by atoms with Crippen LogP contribution in [0.1, 0.15) is 22.9 Å². The molecular formula is C12H11N3. The van der Waals surface area contributed by atoms with E-state index in [0.29, 0.717) is 11.7 Å². The van der Waals surface area contributed by atoms with Crippen LogP contribution in [0.5, 0.6) is 0 Å². The molecule has 0 spiro atoms. The lowest BCUT2D eigenvalue weighted by atomic mass is 9.77. The normalized spacial score (nSPS) is 18.0. The lowest BCUT2D eigenvalue weighted by molar-refractivity contribution is 0.661. The molecule has 0 aliphatic heterocycles. The number of benzene rings is 1. The van der Waals surface area contributed by atoms with E-state index in [1.807, 2.05) is 0 Å². The van der Waals surface area contributed by atoms with Crippen molar-refractivity contribution < 1.29 is 0 Å². The first-order valence-electron chi connectivity index (χ1n) is 5.01. The molecule has 1 aliphatic rings. The Labute approximate surface area is 88.0 Å². The average Bonchev–Trinajstić information content (AvgIpc) is 2.20. The Hall–Kier alpha value is -1.90. The van der Waals surface area contributed by atoms with Gasteiger partial charge in [0.05, 0.1) is 0 Å². The summed E-state index contributed by atoms with van der Waals surface area (Å²) in [6.07, 6.45) is 2.75. The number of nitrogens with zero attached hydrogens (tertiary/aromatic N) is 2. The van der Waals surface area contributed by atoms with Gasteiger partial charge in [-0.3, -0.25) is 0 Å². The van der Waals surface area contributed by atoms with E-state index in [0.717, 1.165) is 12.2 Å². The first-order valence-corrected chi connectivity index (χ1v) is 5.01. The molecular weight excluding hydrogens is 186 g/mol. The van der Waals surface area contributed by atoms with Crippen molar-refractivity contribution in [3.63, 3.8) is 0 Å². The average molecular weight is 197 g/mol. The third-order valence-corrected chi connectivity index (χ3v) is 2.86. The van der Waals surface area contributed by atoms with E-state index in [4.69, 9.17) is 5.73 Å². The summed E-state index contributed by atoms with van der Waals surface area (Å²) in [5.74, 6) is 1.72. The molecule has 74 valence electrons. The molecule has 0 fully saturated rings. The second kappa shape index (κ2) is 3.05. The summed E-state index contributed by atoms with van der Waals surface area (Å²) in [7, 11) is 0. The van der Waals surface area contributed by atoms with E-state index in [1.165, 1.54) is 11.1 Å². The maximum Gasteiger partial charge on any atom is 0.138 e. The third kappa shape index (κ3) is 1.28. The molecule has 1 aromatic carbocycles. The Morgan fingerprint density at radius 3 is 2.87 bits per heavy atom. The van der Waals surface area contributed by atoms with Gasteiger partial charge < -0.3 is 5.73 Å². The monoisotopic (exact) mass is 197 g/mol. The zero-order chi connectivity index (χ0) is 10.3. The molecule has 1 atom stereocenters. The van der Waals surface area contributed by atoms with Crippen molar-refractivity contribution in [2.75, 3.05) is 5.73 Å². The number of fused-ring (bicyclic) bond motifs is 1. The quantitative estimate of drug-likeness (QED) is 0.757. The standard InChI is InChI=1S/C12H11N3/c13-11-5-6-14-12(15-11)10-7-8-3-1-2-4-9(8)10/h1-6,10H,7H2,(H2,13,14,15). The van der Waals surface area contributed by atoms with E-state index in [-0.39, 0.29) is 0 Å². The van der Waals surface area contributed by atoms with Gasteiger partial charge in [-0.05, 0) is 23.6 Å². The van der Waals surface area contributed by atoms with Crippen LogP contribution in [0.2, 0.25) is 0 Å². The lowest BCUT2D eigenvalue weighted by Crippen LogP contribution is -2.20. The Morgan fingerprint density at radius 2 is 2.07 bits per heavy atom. The minimum Gasteiger partial charge on any atom is -0.384 e. The van der Waals surface area contributed by atoms with Gasteiger partial charge in [-0.2, -0.15) is 0 Å². The number of hydrogen-bond acceptors (Lipinski definition) is 3. The molecule has 3 nitrogen and oxygen atoms in total. The van der Waals surface area contributed by atoms with Crippen LogP contribution < -0.4 is 5.73 Å². The fourth-order valence-corrected chi connectivity index (χ4v) is 2.05. The van der Waals surface area contributed by atoms with Crippen molar-refractivity contribution in [1.82, 2.24) is 9.97 Å². The van der Waals surface area contributed by atoms with Crippen molar-refractivity contribution in [2.24, 2.45) is 0 Å². The van der Waals surface area contributed by atoms with Crippen molar-refractivity contribution in [3.8, 4) is 0 Å². The molecule has 0 saturated carbocycles. The summed E-state index contributed by atoms with van der Waals surface area (Å²) in [5.41, 5.74) is 8.38. The van der Waals surface area contributed by atoms with E-state index in [1.54, 1.807) is 12.3 Å². The Morgan fingerprint density at radius 1 is 1.20 bits per heavy atom. The van der Waals surface area contributed by atoms with Crippen LogP contribution >= 0.6 is 0 Å². The first kappa shape index (κ1) is 8.41. The Kier molecular flexibility index (Phi) is 1.71. The minimum atomic E-state index is 0.338. The largest absolute Gasteiger partial charge is 0.384 e. The van der Waals surface area contributed by atoms with Crippen LogP contribution in [0.25, 0.3) is 0 Å². The molecule has 0 saturated heterocycles. The summed E-state index contributed by atoms with van der Waals surface area (Å²) < 4.78 is 0. The summed E-state index contributed by atoms with van der Waals surface area (Å²) in [4.78, 5) is 8.53. The van der Waals surface area contributed by atoms with Gasteiger partial charge >= 0.3 is 0 Å². The highest BCUT2D eigenvalue weighted by Gasteiger charge is 2.28. The SMILES string of the molecule is Nc1ccnc(C2Cc3ccccc32)n1. The highest BCUT2D eigenvalue weighted by molar-refractivity contribution is 5.44. The van der Waals surface area contributed by atoms with Crippen molar-refractivity contribution in [2.45, 2.75) is 12.3 Å². The Balaban J connectivity index is 2.00. The zero-order valence-electron chi connectivity index (χ0n) is 8.22. The topological polar surface area (TPSA) is 51.8 Å². The highest BCUT2D eigenvalue weighted by atomic mass is 14.9.